The van der Waals surface area contributed by atoms with Crippen molar-refractivity contribution in [2.75, 3.05) is 7.11 Å². The van der Waals surface area contributed by atoms with Crippen molar-refractivity contribution >= 4 is 5.91 Å². The molecule has 126 valence electrons. The highest BCUT2D eigenvalue weighted by atomic mass is 19.1. The summed E-state index contributed by atoms with van der Waals surface area (Å²) in [5.74, 6) is 0.637. The molecule has 1 aliphatic rings. The number of halogens is 1. The van der Waals surface area contributed by atoms with Gasteiger partial charge in [0.05, 0.1) is 7.11 Å². The van der Waals surface area contributed by atoms with Gasteiger partial charge < -0.3 is 9.64 Å². The summed E-state index contributed by atoms with van der Waals surface area (Å²) in [7, 11) is 1.63. The molecule has 1 amide bonds. The summed E-state index contributed by atoms with van der Waals surface area (Å²) in [6, 6.07) is 14.7. The molecule has 1 saturated carbocycles. The van der Waals surface area contributed by atoms with Gasteiger partial charge >= 0.3 is 0 Å². The number of hydrogen-bond donors (Lipinski definition) is 0. The molecule has 3 nitrogen and oxygen atoms in total. The zero-order valence-corrected chi connectivity index (χ0v) is 13.9. The number of amides is 1. The first-order valence-electron chi connectivity index (χ1n) is 8.33. The van der Waals surface area contributed by atoms with Crippen molar-refractivity contribution in [1.82, 2.24) is 4.90 Å². The van der Waals surface area contributed by atoms with Gasteiger partial charge in [-0.25, -0.2) is 4.39 Å². The molecule has 0 atom stereocenters. The molecule has 0 radical (unpaired) electrons. The second kappa shape index (κ2) is 7.47. The third-order valence-corrected chi connectivity index (χ3v) is 4.37. The lowest BCUT2D eigenvalue weighted by Gasteiger charge is -2.23. The summed E-state index contributed by atoms with van der Waals surface area (Å²) in [6.07, 6.45) is 3.12. The molecular weight excluding hydrogens is 305 g/mol. The van der Waals surface area contributed by atoms with Crippen LogP contribution in [0.5, 0.6) is 5.75 Å². The van der Waals surface area contributed by atoms with Gasteiger partial charge in [-0.2, -0.15) is 0 Å². The maximum absolute atomic E-state index is 13.9. The Hall–Kier alpha value is -2.36. The van der Waals surface area contributed by atoms with Crippen molar-refractivity contribution in [1.29, 1.82) is 0 Å². The molecule has 0 bridgehead atoms. The fourth-order valence-electron chi connectivity index (χ4n) is 2.84. The molecule has 0 aromatic heterocycles. The van der Waals surface area contributed by atoms with Gasteiger partial charge in [0.1, 0.15) is 11.6 Å². The molecule has 0 aliphatic heterocycles. The van der Waals surface area contributed by atoms with Crippen molar-refractivity contribution in [2.24, 2.45) is 0 Å². The van der Waals surface area contributed by atoms with E-state index < -0.39 is 0 Å². The number of hydrogen-bond acceptors (Lipinski definition) is 2. The fourth-order valence-corrected chi connectivity index (χ4v) is 2.84. The van der Waals surface area contributed by atoms with Crippen LogP contribution in [0.3, 0.4) is 0 Å². The second-order valence-corrected chi connectivity index (χ2v) is 6.20. The Kier molecular flexibility index (Phi) is 5.14. The average Bonchev–Trinajstić information content (AvgIpc) is 3.44. The number of aryl methyl sites for hydroxylation is 1. The van der Waals surface area contributed by atoms with Gasteiger partial charge in [0.25, 0.3) is 0 Å². The number of nitrogens with zero attached hydrogens (tertiary/aromatic N) is 1. The van der Waals surface area contributed by atoms with E-state index in [0.29, 0.717) is 24.9 Å². The summed E-state index contributed by atoms with van der Waals surface area (Å²) < 4.78 is 19.1. The molecule has 24 heavy (non-hydrogen) atoms. The van der Waals surface area contributed by atoms with Crippen LogP contribution in [0, 0.1) is 5.82 Å². The predicted octanol–water partition coefficient (Wildman–Crippen LogP) is 3.96. The topological polar surface area (TPSA) is 29.5 Å². The fraction of sp³-hybridized carbons (Fsp3) is 0.350. The number of ether oxygens (including phenoxy) is 1. The summed E-state index contributed by atoms with van der Waals surface area (Å²) in [6.45, 7) is 0.355. The number of methoxy groups -OCH3 is 1. The highest BCUT2D eigenvalue weighted by Crippen LogP contribution is 2.29. The Balaban J connectivity index is 1.63. The Morgan fingerprint density at radius 1 is 1.21 bits per heavy atom. The monoisotopic (exact) mass is 327 g/mol. The van der Waals surface area contributed by atoms with Crippen molar-refractivity contribution in [3.63, 3.8) is 0 Å². The van der Waals surface area contributed by atoms with Crippen LogP contribution in [0.1, 0.15) is 30.4 Å². The number of rotatable bonds is 7. The normalized spacial score (nSPS) is 13.6. The van der Waals surface area contributed by atoms with Crippen molar-refractivity contribution in [2.45, 2.75) is 38.3 Å². The lowest BCUT2D eigenvalue weighted by molar-refractivity contribution is -0.132. The van der Waals surface area contributed by atoms with E-state index in [1.165, 1.54) is 6.07 Å². The summed E-state index contributed by atoms with van der Waals surface area (Å²) in [5, 5.41) is 0. The minimum atomic E-state index is -0.247. The summed E-state index contributed by atoms with van der Waals surface area (Å²) in [4.78, 5) is 14.5. The predicted molar refractivity (Wildman–Crippen MR) is 91.3 cm³/mol. The first-order chi connectivity index (χ1) is 11.7. The van der Waals surface area contributed by atoms with Crippen LogP contribution in [0.25, 0.3) is 0 Å². The maximum Gasteiger partial charge on any atom is 0.223 e. The van der Waals surface area contributed by atoms with E-state index in [1.807, 2.05) is 35.2 Å². The number of carbonyl (C=O) groups is 1. The smallest absolute Gasteiger partial charge is 0.223 e. The zero-order chi connectivity index (χ0) is 16.9. The third kappa shape index (κ3) is 4.13. The van der Waals surface area contributed by atoms with Crippen molar-refractivity contribution < 1.29 is 13.9 Å². The number of carbonyl (C=O) groups excluding carboxylic acids is 1. The van der Waals surface area contributed by atoms with Crippen LogP contribution in [-0.4, -0.2) is 24.0 Å². The van der Waals surface area contributed by atoms with Crippen LogP contribution in [0.4, 0.5) is 4.39 Å². The molecule has 0 saturated heterocycles. The van der Waals surface area contributed by atoms with Gasteiger partial charge in [0, 0.05) is 24.6 Å². The molecule has 2 aromatic carbocycles. The lowest BCUT2D eigenvalue weighted by Crippen LogP contribution is -2.33. The van der Waals surface area contributed by atoms with Crippen LogP contribution in [-0.2, 0) is 17.8 Å². The average molecular weight is 327 g/mol. The van der Waals surface area contributed by atoms with E-state index in [9.17, 15) is 9.18 Å². The minimum absolute atomic E-state index is 0.0866. The highest BCUT2D eigenvalue weighted by Gasteiger charge is 2.32. The van der Waals surface area contributed by atoms with Crippen LogP contribution >= 0.6 is 0 Å². The highest BCUT2D eigenvalue weighted by molar-refractivity contribution is 5.77. The molecular formula is C20H22FNO2. The molecule has 1 fully saturated rings. The van der Waals surface area contributed by atoms with Gasteiger partial charge in [0.2, 0.25) is 5.91 Å². The van der Waals surface area contributed by atoms with Gasteiger partial charge in [-0.05, 0) is 43.0 Å². The first-order valence-corrected chi connectivity index (χ1v) is 8.33. The van der Waals surface area contributed by atoms with Crippen LogP contribution in [0.2, 0.25) is 0 Å². The van der Waals surface area contributed by atoms with E-state index in [0.717, 1.165) is 24.2 Å². The second-order valence-electron chi connectivity index (χ2n) is 6.20. The van der Waals surface area contributed by atoms with E-state index in [1.54, 1.807) is 19.2 Å². The molecule has 0 unspecified atom stereocenters. The first kappa shape index (κ1) is 16.5. The summed E-state index contributed by atoms with van der Waals surface area (Å²) >= 11 is 0. The van der Waals surface area contributed by atoms with Crippen LogP contribution in [0.15, 0.2) is 48.5 Å². The third-order valence-electron chi connectivity index (χ3n) is 4.37. The largest absolute Gasteiger partial charge is 0.497 e. The van der Waals surface area contributed by atoms with Gasteiger partial charge in [-0.15, -0.1) is 0 Å². The standard InChI is InChI=1S/C20H22FNO2/c1-24-18-7-4-5-15(13-18)9-12-20(23)22(17-10-11-17)14-16-6-2-3-8-19(16)21/h2-8,13,17H,9-12,14H2,1H3. The Bertz CT molecular complexity index is 712. The van der Waals surface area contributed by atoms with Gasteiger partial charge in [0.15, 0.2) is 0 Å². The Morgan fingerprint density at radius 2 is 2.00 bits per heavy atom. The molecule has 3 rings (SSSR count). The van der Waals surface area contributed by atoms with Gasteiger partial charge in [-0.1, -0.05) is 30.3 Å². The molecule has 2 aromatic rings. The lowest BCUT2D eigenvalue weighted by atomic mass is 10.1. The van der Waals surface area contributed by atoms with Gasteiger partial charge in [-0.3, -0.25) is 4.79 Å². The summed E-state index contributed by atoms with van der Waals surface area (Å²) in [5.41, 5.74) is 1.66. The van der Waals surface area contributed by atoms with E-state index in [-0.39, 0.29) is 17.8 Å². The molecule has 0 N–H and O–H groups in total. The van der Waals surface area contributed by atoms with Crippen LogP contribution < -0.4 is 4.74 Å². The SMILES string of the molecule is COc1cccc(CCC(=O)N(Cc2ccccc2F)C2CC2)c1. The van der Waals surface area contributed by atoms with Crippen molar-refractivity contribution in [3.8, 4) is 5.75 Å². The van der Waals surface area contributed by atoms with E-state index in [4.69, 9.17) is 4.74 Å². The minimum Gasteiger partial charge on any atom is -0.497 e. The van der Waals surface area contributed by atoms with E-state index >= 15 is 0 Å². The maximum atomic E-state index is 13.9. The molecule has 0 spiro atoms. The molecule has 1 aliphatic carbocycles. The van der Waals surface area contributed by atoms with E-state index in [2.05, 4.69) is 0 Å². The molecule has 0 heterocycles. The zero-order valence-electron chi connectivity index (χ0n) is 13.9. The van der Waals surface area contributed by atoms with Crippen molar-refractivity contribution in [3.05, 3.63) is 65.5 Å². The Labute approximate surface area is 142 Å². The molecule has 4 heteroatoms. The Morgan fingerprint density at radius 3 is 2.71 bits per heavy atom. The number of benzene rings is 2. The quantitative estimate of drug-likeness (QED) is 0.770.